The van der Waals surface area contributed by atoms with Gasteiger partial charge in [-0.2, -0.15) is 0 Å². The van der Waals surface area contributed by atoms with E-state index in [1.807, 2.05) is 43.5 Å². The Labute approximate surface area is 117 Å². The zero-order valence-corrected chi connectivity index (χ0v) is 11.2. The topological polar surface area (TPSA) is 3.24 Å². The Morgan fingerprint density at radius 2 is 1.80 bits per heavy atom. The van der Waals surface area contributed by atoms with Crippen LogP contribution in [0.15, 0.2) is 54.6 Å². The van der Waals surface area contributed by atoms with Gasteiger partial charge in [-0.15, -0.1) is 0 Å². The molecular weight excluding hydrogens is 256 g/mol. The second-order valence-corrected chi connectivity index (χ2v) is 5.09. The number of halogens is 2. The van der Waals surface area contributed by atoms with Crippen molar-refractivity contribution in [1.29, 1.82) is 0 Å². The molecule has 1 aliphatic heterocycles. The highest BCUT2D eigenvalue weighted by Gasteiger charge is 2.25. The molecule has 1 nitrogen and oxygen atoms in total. The van der Waals surface area contributed by atoms with E-state index in [-0.39, 0.29) is 11.9 Å². The lowest BCUT2D eigenvalue weighted by atomic mass is 10.0. The highest BCUT2D eigenvalue weighted by Crippen LogP contribution is 2.34. The van der Waals surface area contributed by atoms with Crippen molar-refractivity contribution in [2.45, 2.75) is 6.04 Å². The highest BCUT2D eigenvalue weighted by molar-refractivity contribution is 5.70. The molecule has 1 atom stereocenters. The van der Waals surface area contributed by atoms with Crippen LogP contribution in [0.2, 0.25) is 0 Å². The van der Waals surface area contributed by atoms with Crippen molar-refractivity contribution in [2.75, 3.05) is 13.6 Å². The summed E-state index contributed by atoms with van der Waals surface area (Å²) in [5, 5.41) is 0. The Morgan fingerprint density at radius 1 is 1.05 bits per heavy atom. The van der Waals surface area contributed by atoms with Gasteiger partial charge in [-0.1, -0.05) is 36.4 Å². The summed E-state index contributed by atoms with van der Waals surface area (Å²) in [6.07, 6.45) is 2.01. The van der Waals surface area contributed by atoms with E-state index < -0.39 is 5.82 Å². The fourth-order valence-corrected chi connectivity index (χ4v) is 2.66. The molecule has 0 saturated carbocycles. The van der Waals surface area contributed by atoms with E-state index in [0.29, 0.717) is 12.1 Å². The SMILES string of the molecule is CN1CC(c2cc(F)ccc2F)=CC1c1ccccc1. The van der Waals surface area contributed by atoms with Crippen LogP contribution in [0.25, 0.3) is 5.57 Å². The maximum Gasteiger partial charge on any atom is 0.130 e. The first-order chi connectivity index (χ1) is 9.65. The zero-order valence-electron chi connectivity index (χ0n) is 11.2. The van der Waals surface area contributed by atoms with E-state index in [1.54, 1.807) is 0 Å². The Morgan fingerprint density at radius 3 is 2.55 bits per heavy atom. The molecule has 0 aliphatic carbocycles. The average Bonchev–Trinajstić information content (AvgIpc) is 2.84. The van der Waals surface area contributed by atoms with E-state index >= 15 is 0 Å². The van der Waals surface area contributed by atoms with Crippen LogP contribution < -0.4 is 0 Å². The molecule has 0 fully saturated rings. The normalized spacial score (nSPS) is 19.1. The molecule has 3 heteroatoms. The second kappa shape index (κ2) is 5.17. The molecule has 0 bridgehead atoms. The van der Waals surface area contributed by atoms with E-state index in [1.165, 1.54) is 12.1 Å². The summed E-state index contributed by atoms with van der Waals surface area (Å²) < 4.78 is 27.2. The summed E-state index contributed by atoms with van der Waals surface area (Å²) in [4.78, 5) is 2.12. The van der Waals surface area contributed by atoms with Gasteiger partial charge in [-0.25, -0.2) is 8.78 Å². The number of likely N-dealkylation sites (N-methyl/N-ethyl adjacent to an activating group) is 1. The molecule has 0 amide bonds. The largest absolute Gasteiger partial charge is 0.292 e. The Hall–Kier alpha value is -2.00. The van der Waals surface area contributed by atoms with Crippen molar-refractivity contribution in [3.63, 3.8) is 0 Å². The van der Waals surface area contributed by atoms with Gasteiger partial charge in [0.1, 0.15) is 11.6 Å². The van der Waals surface area contributed by atoms with E-state index in [0.717, 1.165) is 17.2 Å². The number of hydrogen-bond donors (Lipinski definition) is 0. The minimum Gasteiger partial charge on any atom is -0.292 e. The number of hydrogen-bond acceptors (Lipinski definition) is 1. The minimum absolute atomic E-state index is 0.105. The molecule has 0 N–H and O–H groups in total. The molecular formula is C17H15F2N. The first kappa shape index (κ1) is 13.0. The summed E-state index contributed by atoms with van der Waals surface area (Å²) >= 11 is 0. The highest BCUT2D eigenvalue weighted by atomic mass is 19.1. The van der Waals surface area contributed by atoms with Gasteiger partial charge < -0.3 is 0 Å². The van der Waals surface area contributed by atoms with Crippen LogP contribution in [0.3, 0.4) is 0 Å². The fraction of sp³-hybridized carbons (Fsp3) is 0.176. The summed E-state index contributed by atoms with van der Waals surface area (Å²) in [5.41, 5.74) is 2.34. The van der Waals surface area contributed by atoms with Crippen LogP contribution in [-0.2, 0) is 0 Å². The summed E-state index contributed by atoms with van der Waals surface area (Å²) in [6, 6.07) is 13.7. The lowest BCUT2D eigenvalue weighted by molar-refractivity contribution is 0.342. The van der Waals surface area contributed by atoms with Crippen molar-refractivity contribution in [1.82, 2.24) is 4.90 Å². The molecule has 0 radical (unpaired) electrons. The maximum atomic E-state index is 13.9. The van der Waals surface area contributed by atoms with Gasteiger partial charge >= 0.3 is 0 Å². The van der Waals surface area contributed by atoms with Crippen LogP contribution in [0.5, 0.6) is 0 Å². The monoisotopic (exact) mass is 271 g/mol. The van der Waals surface area contributed by atoms with Crippen molar-refractivity contribution >= 4 is 5.57 Å². The third kappa shape index (κ3) is 2.37. The summed E-state index contributed by atoms with van der Waals surface area (Å²) in [6.45, 7) is 0.611. The Kier molecular flexibility index (Phi) is 3.36. The number of rotatable bonds is 2. The van der Waals surface area contributed by atoms with Crippen molar-refractivity contribution in [3.8, 4) is 0 Å². The third-order valence-electron chi connectivity index (χ3n) is 3.67. The second-order valence-electron chi connectivity index (χ2n) is 5.09. The van der Waals surface area contributed by atoms with Gasteiger partial charge in [0.15, 0.2) is 0 Å². The predicted octanol–water partition coefficient (Wildman–Crippen LogP) is 4.03. The van der Waals surface area contributed by atoms with E-state index in [9.17, 15) is 8.78 Å². The van der Waals surface area contributed by atoms with Crippen LogP contribution in [0, 0.1) is 11.6 Å². The molecule has 0 saturated heterocycles. The molecule has 102 valence electrons. The van der Waals surface area contributed by atoms with E-state index in [2.05, 4.69) is 4.90 Å². The van der Waals surface area contributed by atoms with Gasteiger partial charge in [0.25, 0.3) is 0 Å². The summed E-state index contributed by atoms with van der Waals surface area (Å²) in [7, 11) is 1.98. The molecule has 1 aliphatic rings. The molecule has 2 aromatic rings. The fourth-order valence-electron chi connectivity index (χ4n) is 2.66. The quantitative estimate of drug-likeness (QED) is 0.797. The van der Waals surface area contributed by atoms with Crippen LogP contribution in [0.1, 0.15) is 17.2 Å². The molecule has 0 aromatic heterocycles. The van der Waals surface area contributed by atoms with E-state index in [4.69, 9.17) is 0 Å². The van der Waals surface area contributed by atoms with Gasteiger partial charge in [0.05, 0.1) is 6.04 Å². The molecule has 20 heavy (non-hydrogen) atoms. The smallest absolute Gasteiger partial charge is 0.130 e. The Balaban J connectivity index is 1.98. The van der Waals surface area contributed by atoms with Crippen LogP contribution in [0.4, 0.5) is 8.78 Å². The lowest BCUT2D eigenvalue weighted by Crippen LogP contribution is -2.19. The average molecular weight is 271 g/mol. The van der Waals surface area contributed by atoms with Crippen LogP contribution >= 0.6 is 0 Å². The van der Waals surface area contributed by atoms with Gasteiger partial charge in [-0.3, -0.25) is 4.90 Å². The predicted molar refractivity (Wildman–Crippen MR) is 76.1 cm³/mol. The summed E-state index contributed by atoms with van der Waals surface area (Å²) in [5.74, 6) is -0.784. The van der Waals surface area contributed by atoms with Gasteiger partial charge in [-0.05, 0) is 36.4 Å². The standard InChI is InChI=1S/C17H15F2N/c1-20-11-13(15-10-14(18)7-8-16(15)19)9-17(20)12-5-3-2-4-6-12/h2-10,17H,11H2,1H3. The number of benzene rings is 2. The first-order valence-corrected chi connectivity index (χ1v) is 6.56. The molecule has 2 aromatic carbocycles. The minimum atomic E-state index is -0.409. The third-order valence-corrected chi connectivity index (χ3v) is 3.67. The first-order valence-electron chi connectivity index (χ1n) is 6.56. The molecule has 0 spiro atoms. The van der Waals surface area contributed by atoms with Gasteiger partial charge in [0.2, 0.25) is 0 Å². The van der Waals surface area contributed by atoms with Gasteiger partial charge in [0, 0.05) is 12.1 Å². The number of nitrogens with zero attached hydrogens (tertiary/aromatic N) is 1. The maximum absolute atomic E-state index is 13.9. The molecule has 1 unspecified atom stereocenters. The van der Waals surface area contributed by atoms with Crippen molar-refractivity contribution < 1.29 is 8.78 Å². The van der Waals surface area contributed by atoms with Crippen LogP contribution in [-0.4, -0.2) is 18.5 Å². The molecule has 3 rings (SSSR count). The molecule has 1 heterocycles. The van der Waals surface area contributed by atoms with Crippen molar-refractivity contribution in [2.24, 2.45) is 0 Å². The lowest BCUT2D eigenvalue weighted by Gasteiger charge is -2.19. The Bertz CT molecular complexity index is 649. The zero-order chi connectivity index (χ0) is 14.1. The van der Waals surface area contributed by atoms with Crippen molar-refractivity contribution in [3.05, 3.63) is 77.4 Å².